The van der Waals surface area contributed by atoms with Crippen LogP contribution in [-0.2, 0) is 0 Å². The molecule has 1 fully saturated rings. The summed E-state index contributed by atoms with van der Waals surface area (Å²) in [6, 6.07) is 7.63. The van der Waals surface area contributed by atoms with E-state index in [9.17, 15) is 4.79 Å². The van der Waals surface area contributed by atoms with Crippen molar-refractivity contribution < 1.29 is 9.53 Å². The maximum atomic E-state index is 12.8. The SMILES string of the molecule is COc1ccc2[nH]cc(C3CCN(C(=O)c4cc(Cl)cnc4Cl)CC3)c2c1. The molecule has 140 valence electrons. The fourth-order valence-electron chi connectivity index (χ4n) is 3.72. The second kappa shape index (κ2) is 7.41. The number of aromatic nitrogens is 2. The van der Waals surface area contributed by atoms with E-state index in [-0.39, 0.29) is 11.1 Å². The number of likely N-dealkylation sites (tertiary alicyclic amines) is 1. The highest BCUT2D eigenvalue weighted by Gasteiger charge is 2.27. The van der Waals surface area contributed by atoms with Gasteiger partial charge in [0.05, 0.1) is 17.7 Å². The summed E-state index contributed by atoms with van der Waals surface area (Å²) in [4.78, 5) is 21.9. The fraction of sp³-hybridized carbons (Fsp3) is 0.300. The number of rotatable bonds is 3. The Morgan fingerprint density at radius 2 is 2.04 bits per heavy atom. The van der Waals surface area contributed by atoms with Crippen molar-refractivity contribution in [3.63, 3.8) is 0 Å². The average molecular weight is 404 g/mol. The summed E-state index contributed by atoms with van der Waals surface area (Å²) in [5, 5.41) is 1.78. The number of ether oxygens (including phenoxy) is 1. The van der Waals surface area contributed by atoms with Crippen LogP contribution in [0.3, 0.4) is 0 Å². The third-order valence-corrected chi connectivity index (χ3v) is 5.69. The number of methoxy groups -OCH3 is 1. The molecule has 7 heteroatoms. The lowest BCUT2D eigenvalue weighted by Gasteiger charge is -2.32. The van der Waals surface area contributed by atoms with Crippen LogP contribution in [0.4, 0.5) is 0 Å². The first-order valence-corrected chi connectivity index (χ1v) is 9.57. The van der Waals surface area contributed by atoms with E-state index in [0.717, 1.165) is 24.1 Å². The van der Waals surface area contributed by atoms with Gasteiger partial charge in [0.15, 0.2) is 0 Å². The molecule has 1 saturated heterocycles. The predicted octanol–water partition coefficient (Wildman–Crippen LogP) is 4.90. The number of pyridine rings is 1. The van der Waals surface area contributed by atoms with Gasteiger partial charge in [0.25, 0.3) is 5.91 Å². The van der Waals surface area contributed by atoms with Gasteiger partial charge in [-0.2, -0.15) is 0 Å². The van der Waals surface area contributed by atoms with Crippen molar-refractivity contribution in [3.05, 3.63) is 58.0 Å². The molecular weight excluding hydrogens is 385 g/mol. The summed E-state index contributed by atoms with van der Waals surface area (Å²) in [6.45, 7) is 1.34. The molecule has 0 bridgehead atoms. The first-order valence-electron chi connectivity index (χ1n) is 8.82. The molecule has 1 N–H and O–H groups in total. The number of amides is 1. The number of halogens is 2. The summed E-state index contributed by atoms with van der Waals surface area (Å²) >= 11 is 12.0. The van der Waals surface area contributed by atoms with E-state index in [4.69, 9.17) is 27.9 Å². The normalized spacial score (nSPS) is 15.3. The molecule has 3 heterocycles. The molecular formula is C20H19Cl2N3O2. The number of hydrogen-bond donors (Lipinski definition) is 1. The van der Waals surface area contributed by atoms with Gasteiger partial charge in [-0.1, -0.05) is 23.2 Å². The molecule has 0 radical (unpaired) electrons. The van der Waals surface area contributed by atoms with Crippen LogP contribution in [0.15, 0.2) is 36.7 Å². The molecule has 0 saturated carbocycles. The second-order valence-corrected chi connectivity index (χ2v) is 7.51. The summed E-state index contributed by atoms with van der Waals surface area (Å²) in [5.74, 6) is 1.12. The third-order valence-electron chi connectivity index (χ3n) is 5.18. The molecule has 2 aromatic heterocycles. The van der Waals surface area contributed by atoms with Gasteiger partial charge in [0, 0.05) is 36.4 Å². The van der Waals surface area contributed by atoms with Crippen LogP contribution in [0.1, 0.15) is 34.7 Å². The fourth-order valence-corrected chi connectivity index (χ4v) is 4.06. The first-order chi connectivity index (χ1) is 13.1. The van der Waals surface area contributed by atoms with Crippen LogP contribution in [-0.4, -0.2) is 41.0 Å². The molecule has 0 atom stereocenters. The molecule has 1 aromatic carbocycles. The number of aromatic amines is 1. The van der Waals surface area contributed by atoms with Crippen molar-refractivity contribution in [3.8, 4) is 5.75 Å². The maximum absolute atomic E-state index is 12.8. The lowest BCUT2D eigenvalue weighted by Crippen LogP contribution is -2.38. The lowest BCUT2D eigenvalue weighted by molar-refractivity contribution is 0.0713. The number of H-pyrrole nitrogens is 1. The lowest BCUT2D eigenvalue weighted by atomic mass is 9.89. The zero-order chi connectivity index (χ0) is 19.0. The van der Waals surface area contributed by atoms with Gasteiger partial charge in [0.2, 0.25) is 0 Å². The van der Waals surface area contributed by atoms with Crippen molar-refractivity contribution in [1.82, 2.24) is 14.9 Å². The van der Waals surface area contributed by atoms with E-state index in [1.807, 2.05) is 17.0 Å². The van der Waals surface area contributed by atoms with Gasteiger partial charge in [0.1, 0.15) is 10.9 Å². The smallest absolute Gasteiger partial charge is 0.257 e. The second-order valence-electron chi connectivity index (χ2n) is 6.71. The van der Waals surface area contributed by atoms with Gasteiger partial charge in [-0.3, -0.25) is 4.79 Å². The van der Waals surface area contributed by atoms with Crippen molar-refractivity contribution in [2.75, 3.05) is 20.2 Å². The van der Waals surface area contributed by atoms with Crippen LogP contribution in [0.25, 0.3) is 10.9 Å². The van der Waals surface area contributed by atoms with Gasteiger partial charge < -0.3 is 14.6 Å². The third kappa shape index (κ3) is 3.49. The van der Waals surface area contributed by atoms with Crippen LogP contribution < -0.4 is 4.74 Å². The molecule has 5 nitrogen and oxygen atoms in total. The minimum absolute atomic E-state index is 0.117. The summed E-state index contributed by atoms with van der Waals surface area (Å²) in [5.41, 5.74) is 2.74. The Hall–Kier alpha value is -2.24. The van der Waals surface area contributed by atoms with Crippen molar-refractivity contribution in [2.24, 2.45) is 0 Å². The zero-order valence-corrected chi connectivity index (χ0v) is 16.3. The largest absolute Gasteiger partial charge is 0.497 e. The highest BCUT2D eigenvalue weighted by atomic mass is 35.5. The van der Waals surface area contributed by atoms with Gasteiger partial charge in [-0.25, -0.2) is 4.98 Å². The maximum Gasteiger partial charge on any atom is 0.257 e. The van der Waals surface area contributed by atoms with Gasteiger partial charge in [-0.15, -0.1) is 0 Å². The standard InChI is InChI=1S/C20H19Cl2N3O2/c1-27-14-2-3-18-15(9-14)17(11-23-18)12-4-6-25(7-5-12)20(26)16-8-13(21)10-24-19(16)22/h2-3,8-12,23H,4-7H2,1H3. The Kier molecular flexibility index (Phi) is 4.98. The number of piperidine rings is 1. The predicted molar refractivity (Wildman–Crippen MR) is 107 cm³/mol. The van der Waals surface area contributed by atoms with E-state index in [0.29, 0.717) is 29.6 Å². The van der Waals surface area contributed by atoms with Crippen LogP contribution in [0, 0.1) is 0 Å². The number of carbonyl (C=O) groups excluding carboxylic acids is 1. The highest BCUT2D eigenvalue weighted by Crippen LogP contribution is 2.35. The molecule has 4 rings (SSSR count). The Morgan fingerprint density at radius 1 is 1.26 bits per heavy atom. The first kappa shape index (κ1) is 18.1. The highest BCUT2D eigenvalue weighted by molar-refractivity contribution is 6.34. The molecule has 0 aliphatic carbocycles. The van der Waals surface area contributed by atoms with Crippen molar-refractivity contribution in [1.29, 1.82) is 0 Å². The quantitative estimate of drug-likeness (QED) is 0.632. The Labute approximate surface area is 167 Å². The molecule has 3 aromatic rings. The number of nitrogens with one attached hydrogen (secondary N) is 1. The average Bonchev–Trinajstić information content (AvgIpc) is 3.12. The van der Waals surface area contributed by atoms with E-state index in [1.165, 1.54) is 17.1 Å². The molecule has 1 aliphatic rings. The Balaban J connectivity index is 1.51. The zero-order valence-electron chi connectivity index (χ0n) is 14.8. The monoisotopic (exact) mass is 403 g/mol. The molecule has 0 spiro atoms. The van der Waals surface area contributed by atoms with Crippen molar-refractivity contribution >= 4 is 40.0 Å². The van der Waals surface area contributed by atoms with E-state index < -0.39 is 0 Å². The van der Waals surface area contributed by atoms with Crippen molar-refractivity contribution in [2.45, 2.75) is 18.8 Å². The summed E-state index contributed by atoms with van der Waals surface area (Å²) < 4.78 is 5.36. The molecule has 0 unspecified atom stereocenters. The van der Waals surface area contributed by atoms with Gasteiger partial charge >= 0.3 is 0 Å². The summed E-state index contributed by atoms with van der Waals surface area (Å²) in [6.07, 6.45) is 5.30. The molecule has 1 aliphatic heterocycles. The van der Waals surface area contributed by atoms with E-state index in [2.05, 4.69) is 22.2 Å². The van der Waals surface area contributed by atoms with Crippen LogP contribution >= 0.6 is 23.2 Å². The number of benzene rings is 1. The Bertz CT molecular complexity index is 994. The van der Waals surface area contributed by atoms with E-state index >= 15 is 0 Å². The number of nitrogens with zero attached hydrogens (tertiary/aromatic N) is 2. The molecule has 27 heavy (non-hydrogen) atoms. The van der Waals surface area contributed by atoms with Gasteiger partial charge in [-0.05, 0) is 48.6 Å². The minimum atomic E-state index is -0.117. The van der Waals surface area contributed by atoms with Crippen LogP contribution in [0.2, 0.25) is 10.2 Å². The summed E-state index contributed by atoms with van der Waals surface area (Å²) in [7, 11) is 1.67. The number of fused-ring (bicyclic) bond motifs is 1. The topological polar surface area (TPSA) is 58.2 Å². The minimum Gasteiger partial charge on any atom is -0.497 e. The number of carbonyl (C=O) groups is 1. The van der Waals surface area contributed by atoms with E-state index in [1.54, 1.807) is 13.2 Å². The molecule has 1 amide bonds. The van der Waals surface area contributed by atoms with Crippen LogP contribution in [0.5, 0.6) is 5.75 Å². The number of hydrogen-bond acceptors (Lipinski definition) is 3. The Morgan fingerprint density at radius 3 is 2.78 bits per heavy atom.